The quantitative estimate of drug-likeness (QED) is 0.763. The lowest BCUT2D eigenvalue weighted by atomic mass is 9.95. The predicted molar refractivity (Wildman–Crippen MR) is 73.3 cm³/mol. The molecule has 2 fully saturated rings. The minimum atomic E-state index is 0.220. The summed E-state index contributed by atoms with van der Waals surface area (Å²) in [7, 11) is 0. The van der Waals surface area contributed by atoms with Gasteiger partial charge in [0, 0.05) is 30.3 Å². The third-order valence-electron chi connectivity index (χ3n) is 3.74. The summed E-state index contributed by atoms with van der Waals surface area (Å²) in [6, 6.07) is 1.15. The molecule has 0 aromatic heterocycles. The maximum Gasteiger partial charge on any atom is 0.221 e. The van der Waals surface area contributed by atoms with Crippen molar-refractivity contribution in [2.24, 2.45) is 0 Å². The highest BCUT2D eigenvalue weighted by atomic mass is 32.2. The van der Waals surface area contributed by atoms with Gasteiger partial charge in [-0.3, -0.25) is 4.79 Å². The van der Waals surface area contributed by atoms with Crippen LogP contribution >= 0.6 is 11.8 Å². The van der Waals surface area contributed by atoms with Gasteiger partial charge in [-0.25, -0.2) is 0 Å². The molecule has 17 heavy (non-hydrogen) atoms. The van der Waals surface area contributed by atoms with Crippen LogP contribution < -0.4 is 10.6 Å². The maximum absolute atomic E-state index is 11.5. The lowest BCUT2D eigenvalue weighted by Gasteiger charge is -2.28. The van der Waals surface area contributed by atoms with Crippen LogP contribution in [0.4, 0.5) is 0 Å². The molecule has 0 saturated heterocycles. The van der Waals surface area contributed by atoms with Crippen molar-refractivity contribution in [3.05, 3.63) is 0 Å². The number of amides is 1. The van der Waals surface area contributed by atoms with Crippen molar-refractivity contribution in [3.8, 4) is 0 Å². The normalized spacial score (nSPS) is 29.0. The highest BCUT2D eigenvalue weighted by molar-refractivity contribution is 7.99. The van der Waals surface area contributed by atoms with Gasteiger partial charge in [0.15, 0.2) is 0 Å². The molecule has 0 atom stereocenters. The second-order valence-corrected chi connectivity index (χ2v) is 6.39. The average Bonchev–Trinajstić information content (AvgIpc) is 3.14. The Hall–Kier alpha value is -0.220. The van der Waals surface area contributed by atoms with Crippen LogP contribution in [0.1, 0.15) is 44.9 Å². The number of nitrogens with one attached hydrogen (secondary N) is 2. The molecule has 1 amide bonds. The maximum atomic E-state index is 11.5. The molecule has 2 aliphatic carbocycles. The van der Waals surface area contributed by atoms with Crippen LogP contribution in [-0.2, 0) is 4.79 Å². The van der Waals surface area contributed by atoms with Gasteiger partial charge in [-0.15, -0.1) is 0 Å². The Morgan fingerprint density at radius 1 is 1.12 bits per heavy atom. The van der Waals surface area contributed by atoms with Crippen LogP contribution in [0.2, 0.25) is 0 Å². The summed E-state index contributed by atoms with van der Waals surface area (Å²) in [6.45, 7) is 0.840. The standard InChI is InChI=1S/C13H24N2OS/c1-17-12-6-4-10(5-7-12)14-9-8-13(16)15-11-2-3-11/h10-12,14H,2-9H2,1H3,(H,15,16). The van der Waals surface area contributed by atoms with E-state index in [-0.39, 0.29) is 5.91 Å². The Labute approximate surface area is 108 Å². The van der Waals surface area contributed by atoms with Gasteiger partial charge in [0.05, 0.1) is 0 Å². The molecule has 0 heterocycles. The molecule has 0 unspecified atom stereocenters. The topological polar surface area (TPSA) is 41.1 Å². The molecule has 3 nitrogen and oxygen atoms in total. The molecule has 0 radical (unpaired) electrons. The minimum Gasteiger partial charge on any atom is -0.353 e. The molecule has 4 heteroatoms. The van der Waals surface area contributed by atoms with E-state index in [1.807, 2.05) is 11.8 Å². The molecule has 2 rings (SSSR count). The van der Waals surface area contributed by atoms with Gasteiger partial charge in [-0.1, -0.05) is 0 Å². The molecule has 2 saturated carbocycles. The summed E-state index contributed by atoms with van der Waals surface area (Å²) in [6.07, 6.45) is 10.4. The Balaban J connectivity index is 1.51. The van der Waals surface area contributed by atoms with Gasteiger partial charge in [-0.2, -0.15) is 11.8 Å². The molecular formula is C13H24N2OS. The van der Waals surface area contributed by atoms with E-state index in [9.17, 15) is 4.79 Å². The molecule has 0 aromatic carbocycles. The van der Waals surface area contributed by atoms with Crippen molar-refractivity contribution < 1.29 is 4.79 Å². The summed E-state index contributed by atoms with van der Waals surface area (Å²) in [5.41, 5.74) is 0. The lowest BCUT2D eigenvalue weighted by Crippen LogP contribution is -2.36. The summed E-state index contributed by atoms with van der Waals surface area (Å²) in [5, 5.41) is 7.41. The Kier molecular flexibility index (Phi) is 5.16. The Morgan fingerprint density at radius 3 is 2.35 bits per heavy atom. The van der Waals surface area contributed by atoms with Gasteiger partial charge in [0.25, 0.3) is 0 Å². The van der Waals surface area contributed by atoms with Gasteiger partial charge >= 0.3 is 0 Å². The average molecular weight is 256 g/mol. The predicted octanol–water partition coefficient (Wildman–Crippen LogP) is 1.92. The first-order valence-corrected chi connectivity index (χ1v) is 8.12. The number of carbonyl (C=O) groups excluding carboxylic acids is 1. The first-order valence-electron chi connectivity index (χ1n) is 6.83. The van der Waals surface area contributed by atoms with E-state index in [0.717, 1.165) is 11.8 Å². The van der Waals surface area contributed by atoms with Crippen LogP contribution in [-0.4, -0.2) is 36.0 Å². The first kappa shape index (κ1) is 13.2. The summed E-state index contributed by atoms with van der Waals surface area (Å²) >= 11 is 2.00. The van der Waals surface area contributed by atoms with Crippen LogP contribution in [0.25, 0.3) is 0 Å². The zero-order valence-corrected chi connectivity index (χ0v) is 11.5. The van der Waals surface area contributed by atoms with E-state index < -0.39 is 0 Å². The largest absolute Gasteiger partial charge is 0.353 e. The van der Waals surface area contributed by atoms with Crippen molar-refractivity contribution in [2.45, 2.75) is 62.3 Å². The molecule has 98 valence electrons. The Bertz CT molecular complexity index is 248. The lowest BCUT2D eigenvalue weighted by molar-refractivity contribution is -0.121. The first-order chi connectivity index (χ1) is 8.28. The fraction of sp³-hybridized carbons (Fsp3) is 0.923. The molecule has 0 bridgehead atoms. The smallest absolute Gasteiger partial charge is 0.221 e. The second kappa shape index (κ2) is 6.64. The van der Waals surface area contributed by atoms with Gasteiger partial charge < -0.3 is 10.6 Å². The van der Waals surface area contributed by atoms with Crippen LogP contribution in [0.3, 0.4) is 0 Å². The van der Waals surface area contributed by atoms with Crippen molar-refractivity contribution in [1.29, 1.82) is 0 Å². The van der Waals surface area contributed by atoms with E-state index in [4.69, 9.17) is 0 Å². The van der Waals surface area contributed by atoms with Crippen LogP contribution in [0.15, 0.2) is 0 Å². The SMILES string of the molecule is CSC1CCC(NCCC(=O)NC2CC2)CC1. The van der Waals surface area contributed by atoms with E-state index in [0.29, 0.717) is 18.5 Å². The Morgan fingerprint density at radius 2 is 1.76 bits per heavy atom. The summed E-state index contributed by atoms with van der Waals surface area (Å²) < 4.78 is 0. The fourth-order valence-electron chi connectivity index (χ4n) is 2.42. The number of thioether (sulfide) groups is 1. The molecule has 2 N–H and O–H groups in total. The van der Waals surface area contributed by atoms with Gasteiger partial charge in [-0.05, 0) is 44.8 Å². The molecule has 2 aliphatic rings. The highest BCUT2D eigenvalue weighted by Crippen LogP contribution is 2.26. The monoisotopic (exact) mass is 256 g/mol. The van der Waals surface area contributed by atoms with E-state index in [1.54, 1.807) is 0 Å². The third-order valence-corrected chi connectivity index (χ3v) is 4.87. The van der Waals surface area contributed by atoms with Crippen molar-refractivity contribution in [3.63, 3.8) is 0 Å². The van der Waals surface area contributed by atoms with Crippen LogP contribution in [0.5, 0.6) is 0 Å². The van der Waals surface area contributed by atoms with Crippen molar-refractivity contribution >= 4 is 17.7 Å². The number of rotatable bonds is 6. The van der Waals surface area contributed by atoms with E-state index in [1.165, 1.54) is 38.5 Å². The number of hydrogen-bond acceptors (Lipinski definition) is 3. The van der Waals surface area contributed by atoms with E-state index in [2.05, 4.69) is 16.9 Å². The minimum absolute atomic E-state index is 0.220. The van der Waals surface area contributed by atoms with Crippen molar-refractivity contribution in [2.75, 3.05) is 12.8 Å². The number of hydrogen-bond donors (Lipinski definition) is 2. The fourth-order valence-corrected chi connectivity index (χ4v) is 3.16. The van der Waals surface area contributed by atoms with E-state index >= 15 is 0 Å². The second-order valence-electron chi connectivity index (χ2n) is 5.26. The number of carbonyl (C=O) groups is 1. The highest BCUT2D eigenvalue weighted by Gasteiger charge is 2.23. The molecule has 0 aromatic rings. The zero-order valence-electron chi connectivity index (χ0n) is 10.7. The molecule has 0 aliphatic heterocycles. The van der Waals surface area contributed by atoms with Crippen molar-refractivity contribution in [1.82, 2.24) is 10.6 Å². The molecular weight excluding hydrogens is 232 g/mol. The zero-order chi connectivity index (χ0) is 12.1. The summed E-state index contributed by atoms with van der Waals surface area (Å²) in [4.78, 5) is 11.5. The van der Waals surface area contributed by atoms with Crippen LogP contribution in [0, 0.1) is 0 Å². The third kappa shape index (κ3) is 4.88. The summed E-state index contributed by atoms with van der Waals surface area (Å²) in [5.74, 6) is 0.220. The van der Waals surface area contributed by atoms with Gasteiger partial charge in [0.1, 0.15) is 0 Å². The van der Waals surface area contributed by atoms with Gasteiger partial charge in [0.2, 0.25) is 5.91 Å². The molecule has 0 spiro atoms.